The molecule has 4 heteroatoms. The lowest BCUT2D eigenvalue weighted by Gasteiger charge is -2.20. The zero-order valence-corrected chi connectivity index (χ0v) is 15.1. The smallest absolute Gasteiger partial charge is 0.311 e. The molecule has 0 aromatic heterocycles. The molecule has 1 fully saturated rings. The average Bonchev–Trinajstić information content (AvgIpc) is 2.67. The minimum absolute atomic E-state index is 0.210. The first-order chi connectivity index (χ1) is 12.7. The van der Waals surface area contributed by atoms with Crippen molar-refractivity contribution in [2.75, 3.05) is 6.61 Å². The predicted molar refractivity (Wildman–Crippen MR) is 101 cm³/mol. The first-order valence-electron chi connectivity index (χ1n) is 9.56. The molecule has 0 spiro atoms. The molecular weight excluding hydrogens is 328 g/mol. The van der Waals surface area contributed by atoms with Crippen molar-refractivity contribution in [2.24, 2.45) is 5.92 Å². The van der Waals surface area contributed by atoms with E-state index in [-0.39, 0.29) is 24.8 Å². The van der Waals surface area contributed by atoms with Gasteiger partial charge in [-0.15, -0.1) is 0 Å². The second-order valence-electron chi connectivity index (χ2n) is 6.99. The fraction of sp³-hybridized carbons (Fsp3) is 0.455. The van der Waals surface area contributed by atoms with Gasteiger partial charge < -0.3 is 9.47 Å². The highest BCUT2D eigenvalue weighted by Crippen LogP contribution is 2.26. The topological polar surface area (TPSA) is 52.6 Å². The van der Waals surface area contributed by atoms with Crippen molar-refractivity contribution in [2.45, 2.75) is 51.4 Å². The van der Waals surface area contributed by atoms with Gasteiger partial charge in [0.25, 0.3) is 0 Å². The lowest BCUT2D eigenvalue weighted by Crippen LogP contribution is -2.17. The largest absolute Gasteiger partial charge is 0.465 e. The first-order valence-corrected chi connectivity index (χ1v) is 9.56. The Balaban J connectivity index is 1.39. The molecule has 0 unspecified atom stereocenters. The second-order valence-corrected chi connectivity index (χ2v) is 6.99. The number of esters is 2. The van der Waals surface area contributed by atoms with Crippen molar-refractivity contribution in [1.82, 2.24) is 0 Å². The highest BCUT2D eigenvalue weighted by atomic mass is 16.5. The SMILES string of the molecule is O=C(CCCC(=O)Oc1cccc2ccccc12)OCC1CCCCC1. The maximum Gasteiger partial charge on any atom is 0.311 e. The van der Waals surface area contributed by atoms with Crippen LogP contribution >= 0.6 is 0 Å². The van der Waals surface area contributed by atoms with Gasteiger partial charge in [0.2, 0.25) is 0 Å². The van der Waals surface area contributed by atoms with Crippen LogP contribution in [0.25, 0.3) is 10.8 Å². The number of carbonyl (C=O) groups is 2. The minimum atomic E-state index is -0.318. The third kappa shape index (κ3) is 5.32. The van der Waals surface area contributed by atoms with Gasteiger partial charge in [0, 0.05) is 18.2 Å². The van der Waals surface area contributed by atoms with Crippen LogP contribution in [0.15, 0.2) is 42.5 Å². The van der Waals surface area contributed by atoms with Gasteiger partial charge in [-0.05, 0) is 36.6 Å². The second kappa shape index (κ2) is 9.37. The Labute approximate surface area is 154 Å². The van der Waals surface area contributed by atoms with Crippen LogP contribution in [-0.4, -0.2) is 18.5 Å². The number of fused-ring (bicyclic) bond motifs is 1. The summed E-state index contributed by atoms with van der Waals surface area (Å²) < 4.78 is 10.8. The highest BCUT2D eigenvalue weighted by molar-refractivity contribution is 5.90. The van der Waals surface area contributed by atoms with Crippen molar-refractivity contribution in [1.29, 1.82) is 0 Å². The predicted octanol–water partition coefficient (Wildman–Crippen LogP) is 5.04. The van der Waals surface area contributed by atoms with Gasteiger partial charge >= 0.3 is 11.9 Å². The molecule has 1 aliphatic carbocycles. The Bertz CT molecular complexity index is 741. The standard InChI is InChI=1S/C22H26O4/c23-21(25-16-17-8-2-1-3-9-17)14-7-15-22(24)26-20-13-6-11-18-10-4-5-12-19(18)20/h4-6,10-13,17H,1-3,7-9,14-16H2. The number of carbonyl (C=O) groups excluding carboxylic acids is 2. The quantitative estimate of drug-likeness (QED) is 0.516. The van der Waals surface area contributed by atoms with Crippen LogP contribution in [0.4, 0.5) is 0 Å². The maximum absolute atomic E-state index is 12.1. The monoisotopic (exact) mass is 354 g/mol. The van der Waals surface area contributed by atoms with E-state index in [1.165, 1.54) is 19.3 Å². The van der Waals surface area contributed by atoms with Crippen LogP contribution in [0, 0.1) is 5.92 Å². The fourth-order valence-electron chi connectivity index (χ4n) is 3.47. The van der Waals surface area contributed by atoms with E-state index in [9.17, 15) is 9.59 Å². The summed E-state index contributed by atoms with van der Waals surface area (Å²) in [6, 6.07) is 13.4. The van der Waals surface area contributed by atoms with Gasteiger partial charge in [-0.25, -0.2) is 0 Å². The van der Waals surface area contributed by atoms with Gasteiger partial charge in [-0.2, -0.15) is 0 Å². The normalized spacial score (nSPS) is 14.9. The van der Waals surface area contributed by atoms with Crippen LogP contribution in [0.1, 0.15) is 51.4 Å². The molecule has 2 aromatic rings. The molecule has 0 bridgehead atoms. The fourth-order valence-corrected chi connectivity index (χ4v) is 3.47. The Morgan fingerprint density at radius 2 is 1.62 bits per heavy atom. The molecule has 26 heavy (non-hydrogen) atoms. The van der Waals surface area contributed by atoms with Gasteiger partial charge in [0.15, 0.2) is 0 Å². The van der Waals surface area contributed by atoms with E-state index in [0.29, 0.717) is 24.7 Å². The molecule has 0 N–H and O–H groups in total. The van der Waals surface area contributed by atoms with Crippen LogP contribution in [0.2, 0.25) is 0 Å². The Morgan fingerprint density at radius 3 is 2.46 bits per heavy atom. The summed E-state index contributed by atoms with van der Waals surface area (Å²) in [6.45, 7) is 0.527. The number of benzene rings is 2. The molecule has 0 aliphatic heterocycles. The van der Waals surface area contributed by atoms with Gasteiger partial charge in [0.1, 0.15) is 5.75 Å². The molecule has 0 saturated heterocycles. The van der Waals surface area contributed by atoms with Crippen LogP contribution in [0.5, 0.6) is 5.75 Å². The van der Waals surface area contributed by atoms with Gasteiger partial charge in [-0.3, -0.25) is 9.59 Å². The molecule has 0 amide bonds. The Hall–Kier alpha value is -2.36. The summed E-state index contributed by atoms with van der Waals surface area (Å²) >= 11 is 0. The number of hydrogen-bond donors (Lipinski definition) is 0. The van der Waals surface area contributed by atoms with Crippen LogP contribution in [-0.2, 0) is 14.3 Å². The van der Waals surface area contributed by atoms with E-state index >= 15 is 0 Å². The molecular formula is C22H26O4. The zero-order chi connectivity index (χ0) is 18.2. The molecule has 3 rings (SSSR count). The summed E-state index contributed by atoms with van der Waals surface area (Å²) in [5, 5.41) is 1.94. The highest BCUT2D eigenvalue weighted by Gasteiger charge is 2.16. The molecule has 138 valence electrons. The van der Waals surface area contributed by atoms with Crippen LogP contribution < -0.4 is 4.74 Å². The number of ether oxygens (including phenoxy) is 2. The van der Waals surface area contributed by atoms with Crippen molar-refractivity contribution in [3.8, 4) is 5.75 Å². The Kier molecular flexibility index (Phi) is 6.64. The van der Waals surface area contributed by atoms with E-state index in [1.54, 1.807) is 6.07 Å². The van der Waals surface area contributed by atoms with Crippen molar-refractivity contribution in [3.05, 3.63) is 42.5 Å². The zero-order valence-electron chi connectivity index (χ0n) is 15.1. The molecule has 1 saturated carbocycles. The summed E-state index contributed by atoms with van der Waals surface area (Å²) in [7, 11) is 0. The van der Waals surface area contributed by atoms with Crippen molar-refractivity contribution in [3.63, 3.8) is 0 Å². The number of hydrogen-bond acceptors (Lipinski definition) is 4. The van der Waals surface area contributed by atoms with Crippen molar-refractivity contribution >= 4 is 22.7 Å². The molecule has 0 heterocycles. The number of rotatable bonds is 7. The van der Waals surface area contributed by atoms with E-state index in [2.05, 4.69) is 0 Å². The maximum atomic E-state index is 12.1. The third-order valence-corrected chi connectivity index (χ3v) is 4.94. The Morgan fingerprint density at radius 1 is 0.885 bits per heavy atom. The lowest BCUT2D eigenvalue weighted by atomic mass is 9.90. The van der Waals surface area contributed by atoms with Crippen molar-refractivity contribution < 1.29 is 19.1 Å². The molecule has 2 aromatic carbocycles. The van der Waals surface area contributed by atoms with E-state index < -0.39 is 0 Å². The summed E-state index contributed by atoms with van der Waals surface area (Å²) in [4.78, 5) is 23.9. The lowest BCUT2D eigenvalue weighted by molar-refractivity contribution is -0.145. The summed E-state index contributed by atoms with van der Waals surface area (Å²) in [6.07, 6.45) is 7.01. The molecule has 0 atom stereocenters. The van der Waals surface area contributed by atoms with E-state index in [1.807, 2.05) is 36.4 Å². The molecule has 1 aliphatic rings. The minimum Gasteiger partial charge on any atom is -0.465 e. The first kappa shape index (κ1) is 18.4. The van der Waals surface area contributed by atoms with Gasteiger partial charge in [0.05, 0.1) is 6.61 Å². The van der Waals surface area contributed by atoms with E-state index in [4.69, 9.17) is 9.47 Å². The third-order valence-electron chi connectivity index (χ3n) is 4.94. The summed E-state index contributed by atoms with van der Waals surface area (Å²) in [5.74, 6) is 0.548. The average molecular weight is 354 g/mol. The van der Waals surface area contributed by atoms with Crippen LogP contribution in [0.3, 0.4) is 0 Å². The van der Waals surface area contributed by atoms with Gasteiger partial charge in [-0.1, -0.05) is 55.7 Å². The molecule has 0 radical (unpaired) electrons. The molecule has 4 nitrogen and oxygen atoms in total. The summed E-state index contributed by atoms with van der Waals surface area (Å²) in [5.41, 5.74) is 0. The van der Waals surface area contributed by atoms with E-state index in [0.717, 1.165) is 23.6 Å².